The molecule has 2 bridgehead atoms. The lowest BCUT2D eigenvalue weighted by atomic mass is 9.91. The third-order valence-electron chi connectivity index (χ3n) is 2.85. The molecule has 1 amide bonds. The van der Waals surface area contributed by atoms with Crippen molar-refractivity contribution in [2.24, 2.45) is 10.7 Å². The van der Waals surface area contributed by atoms with E-state index in [1.165, 1.54) is 5.57 Å². The minimum atomic E-state index is -0.399. The maximum Gasteiger partial charge on any atom is 0.248 e. The number of fused-ring (bicyclic) bond motifs is 4. The van der Waals surface area contributed by atoms with Gasteiger partial charge in [0.05, 0.1) is 5.69 Å². The summed E-state index contributed by atoms with van der Waals surface area (Å²) in [6.45, 7) is 0. The summed E-state index contributed by atoms with van der Waals surface area (Å²) in [4.78, 5) is 15.6. The minimum Gasteiger partial charge on any atom is -0.366 e. The van der Waals surface area contributed by atoms with Gasteiger partial charge in [0, 0.05) is 23.3 Å². The number of rotatable bonds is 1. The molecule has 0 saturated heterocycles. The second kappa shape index (κ2) is 3.17. The Hall–Kier alpha value is -2.16. The van der Waals surface area contributed by atoms with Gasteiger partial charge in [0.1, 0.15) is 0 Å². The summed E-state index contributed by atoms with van der Waals surface area (Å²) < 4.78 is 0. The van der Waals surface area contributed by atoms with E-state index in [2.05, 4.69) is 11.1 Å². The van der Waals surface area contributed by atoms with E-state index in [4.69, 9.17) is 5.73 Å². The molecular formula is C13H10N2O. The fourth-order valence-electron chi connectivity index (χ4n) is 2.05. The van der Waals surface area contributed by atoms with Crippen molar-refractivity contribution in [2.75, 3.05) is 0 Å². The third kappa shape index (κ3) is 1.29. The first kappa shape index (κ1) is 9.09. The molecule has 1 aromatic carbocycles. The highest BCUT2D eigenvalue weighted by atomic mass is 16.1. The molecule has 1 aliphatic heterocycles. The highest BCUT2D eigenvalue weighted by Gasteiger charge is 2.18. The average molecular weight is 210 g/mol. The van der Waals surface area contributed by atoms with Crippen molar-refractivity contribution in [2.45, 2.75) is 6.42 Å². The molecule has 16 heavy (non-hydrogen) atoms. The summed E-state index contributed by atoms with van der Waals surface area (Å²) in [5.41, 5.74) is 10.0. The lowest BCUT2D eigenvalue weighted by Crippen LogP contribution is -2.12. The number of aliphatic imine (C=N–C) groups is 1. The maximum absolute atomic E-state index is 11.1. The van der Waals surface area contributed by atoms with Crippen LogP contribution in [-0.2, 0) is 0 Å². The zero-order valence-electron chi connectivity index (χ0n) is 8.60. The highest BCUT2D eigenvalue weighted by Crippen LogP contribution is 2.36. The van der Waals surface area contributed by atoms with Crippen LogP contribution in [0.2, 0.25) is 0 Å². The molecule has 0 saturated carbocycles. The number of carbonyl (C=O) groups excluding carboxylic acids is 1. The summed E-state index contributed by atoms with van der Waals surface area (Å²) in [7, 11) is 0. The first-order valence-electron chi connectivity index (χ1n) is 5.13. The monoisotopic (exact) mass is 210 g/mol. The minimum absolute atomic E-state index is 0.399. The zero-order valence-corrected chi connectivity index (χ0v) is 8.60. The number of hydrogen-bond donors (Lipinski definition) is 1. The summed E-state index contributed by atoms with van der Waals surface area (Å²) in [5.74, 6) is -0.399. The van der Waals surface area contributed by atoms with Crippen LogP contribution < -0.4 is 5.73 Å². The Labute approximate surface area is 93.0 Å². The van der Waals surface area contributed by atoms with Crippen LogP contribution in [0.1, 0.15) is 22.3 Å². The number of benzene rings is 1. The molecule has 0 fully saturated rings. The Morgan fingerprint density at radius 2 is 2.25 bits per heavy atom. The molecule has 1 heterocycles. The summed E-state index contributed by atoms with van der Waals surface area (Å²) in [5, 5.41) is 0. The van der Waals surface area contributed by atoms with Gasteiger partial charge in [-0.1, -0.05) is 12.2 Å². The predicted octanol–water partition coefficient (Wildman–Crippen LogP) is 2.21. The summed E-state index contributed by atoms with van der Waals surface area (Å²) >= 11 is 0. The molecule has 0 spiro atoms. The van der Waals surface area contributed by atoms with Gasteiger partial charge in [-0.05, 0) is 29.8 Å². The van der Waals surface area contributed by atoms with E-state index in [-0.39, 0.29) is 0 Å². The molecular weight excluding hydrogens is 200 g/mol. The van der Waals surface area contributed by atoms with Crippen LogP contribution in [0.25, 0.3) is 5.57 Å². The highest BCUT2D eigenvalue weighted by molar-refractivity contribution is 6.09. The van der Waals surface area contributed by atoms with Crippen LogP contribution in [0.3, 0.4) is 0 Å². The van der Waals surface area contributed by atoms with Gasteiger partial charge in [0.2, 0.25) is 5.91 Å². The molecule has 3 nitrogen and oxygen atoms in total. The average Bonchev–Trinajstić information content (AvgIpc) is 2.29. The van der Waals surface area contributed by atoms with Crippen molar-refractivity contribution in [3.05, 3.63) is 47.6 Å². The van der Waals surface area contributed by atoms with Gasteiger partial charge in [-0.25, -0.2) is 0 Å². The van der Waals surface area contributed by atoms with E-state index in [1.807, 2.05) is 24.3 Å². The van der Waals surface area contributed by atoms with Crippen molar-refractivity contribution in [3.63, 3.8) is 0 Å². The SMILES string of the molecule is NC(=O)c1ccc2c(c1)C1=CC=CC(=N2)C1. The quantitative estimate of drug-likeness (QED) is 0.759. The number of amides is 1. The van der Waals surface area contributed by atoms with E-state index in [9.17, 15) is 4.79 Å². The van der Waals surface area contributed by atoms with Crippen LogP contribution in [0.15, 0.2) is 41.4 Å². The van der Waals surface area contributed by atoms with Gasteiger partial charge in [0.15, 0.2) is 0 Å². The van der Waals surface area contributed by atoms with E-state index in [0.717, 1.165) is 23.4 Å². The van der Waals surface area contributed by atoms with Gasteiger partial charge in [-0.3, -0.25) is 9.79 Å². The Morgan fingerprint density at radius 3 is 3.06 bits per heavy atom. The van der Waals surface area contributed by atoms with Crippen LogP contribution in [0.4, 0.5) is 5.69 Å². The Morgan fingerprint density at radius 1 is 1.38 bits per heavy atom. The number of primary amides is 1. The number of nitrogens with zero attached hydrogens (tertiary/aromatic N) is 1. The van der Waals surface area contributed by atoms with Gasteiger partial charge in [-0.15, -0.1) is 0 Å². The molecule has 2 aliphatic rings. The zero-order chi connectivity index (χ0) is 11.1. The second-order valence-corrected chi connectivity index (χ2v) is 3.93. The van der Waals surface area contributed by atoms with Crippen molar-refractivity contribution < 1.29 is 4.79 Å². The molecule has 78 valence electrons. The van der Waals surface area contributed by atoms with Crippen LogP contribution >= 0.6 is 0 Å². The lowest BCUT2D eigenvalue weighted by Gasteiger charge is -2.19. The third-order valence-corrected chi connectivity index (χ3v) is 2.85. The molecule has 3 heteroatoms. The van der Waals surface area contributed by atoms with E-state index < -0.39 is 5.91 Å². The van der Waals surface area contributed by atoms with Crippen molar-refractivity contribution in [3.8, 4) is 0 Å². The molecule has 0 aromatic heterocycles. The topological polar surface area (TPSA) is 55.5 Å². The van der Waals surface area contributed by atoms with E-state index in [0.29, 0.717) is 5.56 Å². The van der Waals surface area contributed by atoms with Crippen LogP contribution in [-0.4, -0.2) is 11.6 Å². The van der Waals surface area contributed by atoms with Crippen molar-refractivity contribution in [1.29, 1.82) is 0 Å². The number of hydrogen-bond acceptors (Lipinski definition) is 2. The van der Waals surface area contributed by atoms with Crippen molar-refractivity contribution in [1.82, 2.24) is 0 Å². The van der Waals surface area contributed by atoms with Gasteiger partial charge in [-0.2, -0.15) is 0 Å². The fourth-order valence-corrected chi connectivity index (χ4v) is 2.05. The van der Waals surface area contributed by atoms with Crippen LogP contribution in [0, 0.1) is 0 Å². The van der Waals surface area contributed by atoms with Crippen LogP contribution in [0.5, 0.6) is 0 Å². The molecule has 2 N–H and O–H groups in total. The smallest absolute Gasteiger partial charge is 0.248 e. The number of nitrogens with two attached hydrogens (primary N) is 1. The summed E-state index contributed by atoms with van der Waals surface area (Å²) in [6.07, 6.45) is 6.89. The molecule has 0 radical (unpaired) electrons. The number of allylic oxidation sites excluding steroid dienone is 4. The summed E-state index contributed by atoms with van der Waals surface area (Å²) in [6, 6.07) is 5.39. The molecule has 3 rings (SSSR count). The van der Waals surface area contributed by atoms with Crippen molar-refractivity contribution >= 4 is 22.9 Å². The Bertz CT molecular complexity index is 580. The first-order chi connectivity index (χ1) is 7.74. The Balaban J connectivity index is 2.22. The molecule has 1 aromatic rings. The fraction of sp³-hybridized carbons (Fsp3) is 0.0769. The Kier molecular flexibility index (Phi) is 1.80. The van der Waals surface area contributed by atoms with Gasteiger partial charge in [0.25, 0.3) is 0 Å². The second-order valence-electron chi connectivity index (χ2n) is 3.93. The first-order valence-corrected chi connectivity index (χ1v) is 5.13. The van der Waals surface area contributed by atoms with E-state index >= 15 is 0 Å². The van der Waals surface area contributed by atoms with Gasteiger partial charge >= 0.3 is 0 Å². The lowest BCUT2D eigenvalue weighted by molar-refractivity contribution is 0.100. The largest absolute Gasteiger partial charge is 0.366 e. The van der Waals surface area contributed by atoms with E-state index in [1.54, 1.807) is 6.07 Å². The van der Waals surface area contributed by atoms with Gasteiger partial charge < -0.3 is 5.73 Å². The molecule has 0 atom stereocenters. The predicted molar refractivity (Wildman–Crippen MR) is 63.8 cm³/mol. The number of carbonyl (C=O) groups is 1. The normalized spacial score (nSPS) is 16.2. The molecule has 1 aliphatic carbocycles. The maximum atomic E-state index is 11.1. The molecule has 0 unspecified atom stereocenters. The standard InChI is InChI=1S/C13H10N2O/c14-13(16)9-4-5-12-11(7-9)8-2-1-3-10(6-8)15-12/h1-5,7H,6H2,(H2,14,16).